The molecule has 3 nitrogen and oxygen atoms in total. The van der Waals surface area contributed by atoms with E-state index in [9.17, 15) is 9.90 Å². The van der Waals surface area contributed by atoms with E-state index in [1.54, 1.807) is 19.1 Å². The van der Waals surface area contributed by atoms with Gasteiger partial charge in [-0.1, -0.05) is 31.2 Å². The van der Waals surface area contributed by atoms with Crippen LogP contribution in [0.2, 0.25) is 0 Å². The van der Waals surface area contributed by atoms with Gasteiger partial charge in [0.05, 0.1) is 12.2 Å². The van der Waals surface area contributed by atoms with Gasteiger partial charge in [-0.25, -0.2) is 4.79 Å². The smallest absolute Gasteiger partial charge is 0.338 e. The van der Waals surface area contributed by atoms with E-state index in [2.05, 4.69) is 6.92 Å². The number of esters is 1. The van der Waals surface area contributed by atoms with Crippen molar-refractivity contribution in [2.45, 2.75) is 32.6 Å². The number of hydrogen-bond donors (Lipinski definition) is 1. The van der Waals surface area contributed by atoms with Gasteiger partial charge in [0, 0.05) is 5.92 Å². The Morgan fingerprint density at radius 2 is 1.61 bits per heavy atom. The van der Waals surface area contributed by atoms with Gasteiger partial charge in [0.15, 0.2) is 0 Å². The number of phenols is 1. The fourth-order valence-electron chi connectivity index (χ4n) is 3.18. The molecule has 23 heavy (non-hydrogen) atoms. The maximum Gasteiger partial charge on any atom is 0.338 e. The first-order valence-electron chi connectivity index (χ1n) is 8.09. The first-order valence-corrected chi connectivity index (χ1v) is 8.09. The second-order valence-electron chi connectivity index (χ2n) is 6.52. The Labute approximate surface area is 136 Å². The van der Waals surface area contributed by atoms with Gasteiger partial charge in [0.1, 0.15) is 5.75 Å². The molecule has 1 unspecified atom stereocenters. The molecule has 1 N–H and O–H groups in total. The summed E-state index contributed by atoms with van der Waals surface area (Å²) in [5.41, 5.74) is 3.24. The molecule has 0 aromatic heterocycles. The van der Waals surface area contributed by atoms with Crippen LogP contribution in [0.25, 0.3) is 0 Å². The molecule has 120 valence electrons. The van der Waals surface area contributed by atoms with E-state index in [-0.39, 0.29) is 23.1 Å². The van der Waals surface area contributed by atoms with Gasteiger partial charge in [-0.15, -0.1) is 0 Å². The summed E-state index contributed by atoms with van der Waals surface area (Å²) >= 11 is 0. The summed E-state index contributed by atoms with van der Waals surface area (Å²) in [5, 5.41) is 9.52. The molecule has 0 spiro atoms. The Morgan fingerprint density at radius 1 is 1.09 bits per heavy atom. The topological polar surface area (TPSA) is 46.5 Å². The zero-order valence-corrected chi connectivity index (χ0v) is 13.6. The van der Waals surface area contributed by atoms with Crippen molar-refractivity contribution in [3.8, 4) is 5.75 Å². The van der Waals surface area contributed by atoms with Crippen LogP contribution in [0.5, 0.6) is 5.75 Å². The highest BCUT2D eigenvalue weighted by atomic mass is 16.5. The van der Waals surface area contributed by atoms with Crippen molar-refractivity contribution in [1.29, 1.82) is 0 Å². The highest BCUT2D eigenvalue weighted by Gasteiger charge is 2.46. The van der Waals surface area contributed by atoms with Crippen LogP contribution in [0.4, 0.5) is 0 Å². The third kappa shape index (κ3) is 3.24. The Hall–Kier alpha value is -2.29. The maximum atomic E-state index is 11.8. The third-order valence-corrected chi connectivity index (χ3v) is 4.72. The van der Waals surface area contributed by atoms with Crippen molar-refractivity contribution < 1.29 is 14.6 Å². The van der Waals surface area contributed by atoms with Crippen LogP contribution in [-0.2, 0) is 4.74 Å². The lowest BCUT2D eigenvalue weighted by atomic mass is 9.79. The lowest BCUT2D eigenvalue weighted by Crippen LogP contribution is -2.13. The molecule has 0 radical (unpaired) electrons. The molecule has 3 rings (SSSR count). The molecule has 2 aromatic rings. The van der Waals surface area contributed by atoms with Crippen molar-refractivity contribution in [2.24, 2.45) is 5.41 Å². The molecule has 0 heterocycles. The number of carbonyl (C=O) groups excluding carboxylic acids is 1. The second-order valence-corrected chi connectivity index (χ2v) is 6.52. The number of carbonyl (C=O) groups is 1. The van der Waals surface area contributed by atoms with Gasteiger partial charge in [0.2, 0.25) is 0 Å². The fraction of sp³-hybridized carbons (Fsp3) is 0.350. The van der Waals surface area contributed by atoms with Crippen LogP contribution in [0.1, 0.15) is 54.1 Å². The van der Waals surface area contributed by atoms with Crippen molar-refractivity contribution >= 4 is 5.97 Å². The summed E-state index contributed by atoms with van der Waals surface area (Å²) < 4.78 is 5.04. The van der Waals surface area contributed by atoms with Crippen LogP contribution in [0.15, 0.2) is 48.5 Å². The Morgan fingerprint density at radius 3 is 2.09 bits per heavy atom. The van der Waals surface area contributed by atoms with Crippen molar-refractivity contribution in [1.82, 2.24) is 0 Å². The Balaban J connectivity index is 1.92. The number of phenolic OH excluding ortho intramolecular Hbond substituents is 1. The minimum atomic E-state index is -0.280. The van der Waals surface area contributed by atoms with E-state index in [1.165, 1.54) is 24.0 Å². The molecule has 0 saturated heterocycles. The Bertz CT molecular complexity index is 682. The number of benzene rings is 2. The highest BCUT2D eigenvalue weighted by Crippen LogP contribution is 2.58. The molecule has 1 fully saturated rings. The average molecular weight is 310 g/mol. The number of hydrogen-bond acceptors (Lipinski definition) is 3. The monoisotopic (exact) mass is 310 g/mol. The normalized spacial score (nSPS) is 16.6. The first kappa shape index (κ1) is 15.6. The van der Waals surface area contributed by atoms with Crippen LogP contribution >= 0.6 is 0 Å². The molecule has 2 aromatic carbocycles. The van der Waals surface area contributed by atoms with Gasteiger partial charge >= 0.3 is 5.97 Å². The van der Waals surface area contributed by atoms with Gasteiger partial charge in [-0.3, -0.25) is 0 Å². The molecule has 1 atom stereocenters. The largest absolute Gasteiger partial charge is 0.508 e. The lowest BCUT2D eigenvalue weighted by Gasteiger charge is -2.25. The van der Waals surface area contributed by atoms with Crippen LogP contribution in [0.3, 0.4) is 0 Å². The lowest BCUT2D eigenvalue weighted by molar-refractivity contribution is 0.0526. The summed E-state index contributed by atoms with van der Waals surface area (Å²) in [4.78, 5) is 11.8. The molecule has 3 heteroatoms. The molecule has 1 aliphatic carbocycles. The van der Waals surface area contributed by atoms with E-state index in [0.29, 0.717) is 12.2 Å². The van der Waals surface area contributed by atoms with E-state index < -0.39 is 0 Å². The molecule has 0 bridgehead atoms. The van der Waals surface area contributed by atoms with Crippen molar-refractivity contribution in [3.05, 3.63) is 65.2 Å². The summed E-state index contributed by atoms with van der Waals surface area (Å²) in [6, 6.07) is 15.2. The van der Waals surface area contributed by atoms with Gasteiger partial charge in [0.25, 0.3) is 0 Å². The zero-order valence-electron chi connectivity index (χ0n) is 13.6. The molecule has 0 amide bonds. The zero-order chi connectivity index (χ0) is 16.4. The third-order valence-electron chi connectivity index (χ3n) is 4.72. The maximum absolute atomic E-state index is 11.8. The molecule has 1 aliphatic rings. The molecule has 1 saturated carbocycles. The van der Waals surface area contributed by atoms with Gasteiger partial charge < -0.3 is 9.84 Å². The predicted octanol–water partition coefficient (Wildman–Crippen LogP) is 4.50. The van der Waals surface area contributed by atoms with E-state index >= 15 is 0 Å². The average Bonchev–Trinajstić information content (AvgIpc) is 3.28. The molecular weight excluding hydrogens is 288 g/mol. The van der Waals surface area contributed by atoms with E-state index in [4.69, 9.17) is 4.74 Å². The minimum Gasteiger partial charge on any atom is -0.508 e. The quantitative estimate of drug-likeness (QED) is 0.827. The van der Waals surface area contributed by atoms with Gasteiger partial charge in [-0.2, -0.15) is 0 Å². The summed E-state index contributed by atoms with van der Waals surface area (Å²) in [7, 11) is 0. The van der Waals surface area contributed by atoms with Crippen molar-refractivity contribution in [2.75, 3.05) is 6.61 Å². The van der Waals surface area contributed by atoms with Crippen LogP contribution < -0.4 is 0 Å². The second kappa shape index (κ2) is 6.07. The Kier molecular flexibility index (Phi) is 4.12. The number of rotatable bonds is 5. The summed E-state index contributed by atoms with van der Waals surface area (Å²) in [6.45, 7) is 4.49. The first-order chi connectivity index (χ1) is 11.0. The summed E-state index contributed by atoms with van der Waals surface area (Å²) in [5.74, 6) is 0.281. The molecular formula is C20H22O3. The van der Waals surface area contributed by atoms with Crippen molar-refractivity contribution in [3.63, 3.8) is 0 Å². The van der Waals surface area contributed by atoms with E-state index in [0.717, 1.165) is 0 Å². The minimum absolute atomic E-state index is 0.252. The standard InChI is InChI=1S/C20H22O3/c1-3-23-19(22)16-6-4-14(5-7-16)18(20(2)12-13-20)15-8-10-17(21)11-9-15/h4-11,18,21H,3,12-13H2,1-2H3. The molecule has 0 aliphatic heterocycles. The SMILES string of the molecule is CCOC(=O)c1ccc(C(c2ccc(O)cc2)C2(C)CC2)cc1. The highest BCUT2D eigenvalue weighted by molar-refractivity contribution is 5.89. The van der Waals surface area contributed by atoms with E-state index in [1.807, 2.05) is 36.4 Å². The summed E-state index contributed by atoms with van der Waals surface area (Å²) in [6.07, 6.45) is 2.39. The number of ether oxygens (including phenoxy) is 1. The van der Waals surface area contributed by atoms with Crippen LogP contribution in [0, 0.1) is 5.41 Å². The van der Waals surface area contributed by atoms with Crippen LogP contribution in [-0.4, -0.2) is 17.7 Å². The number of aromatic hydroxyl groups is 1. The van der Waals surface area contributed by atoms with Gasteiger partial charge in [-0.05, 0) is 60.6 Å². The fourth-order valence-corrected chi connectivity index (χ4v) is 3.18. The predicted molar refractivity (Wildman–Crippen MR) is 89.7 cm³/mol.